The number of nitrogens with one attached hydrogen (secondary N) is 1. The van der Waals surface area contributed by atoms with Crippen molar-refractivity contribution in [1.29, 1.82) is 0 Å². The molecule has 0 aliphatic rings. The number of hydrogen-bond donors (Lipinski definition) is 1. The summed E-state index contributed by atoms with van der Waals surface area (Å²) in [7, 11) is 1.84. The second kappa shape index (κ2) is 4.91. The summed E-state index contributed by atoms with van der Waals surface area (Å²) in [5.41, 5.74) is 1.04. The first-order chi connectivity index (χ1) is 6.63. The van der Waals surface area contributed by atoms with Gasteiger partial charge in [0.15, 0.2) is 0 Å². The highest BCUT2D eigenvalue weighted by molar-refractivity contribution is 5.28. The third-order valence-electron chi connectivity index (χ3n) is 2.04. The maximum Gasteiger partial charge on any atom is 0.387 e. The molecule has 2 nitrogen and oxygen atoms in total. The molecule has 0 radical (unpaired) electrons. The van der Waals surface area contributed by atoms with E-state index in [4.69, 9.17) is 0 Å². The zero-order valence-corrected chi connectivity index (χ0v) is 8.13. The van der Waals surface area contributed by atoms with Crippen LogP contribution >= 0.6 is 0 Å². The van der Waals surface area contributed by atoms with Crippen LogP contribution in [0.25, 0.3) is 0 Å². The van der Waals surface area contributed by atoms with Gasteiger partial charge in [-0.25, -0.2) is 0 Å². The summed E-state index contributed by atoms with van der Waals surface area (Å²) < 4.78 is 27.9. The van der Waals surface area contributed by atoms with E-state index in [0.717, 1.165) is 5.56 Å². The SMILES string of the molecule is CNC(C)c1ccc(OC(F)F)cc1. The Balaban J connectivity index is 2.68. The highest BCUT2D eigenvalue weighted by Crippen LogP contribution is 2.18. The third kappa shape index (κ3) is 2.96. The van der Waals surface area contributed by atoms with Crippen molar-refractivity contribution in [3.8, 4) is 5.75 Å². The van der Waals surface area contributed by atoms with E-state index < -0.39 is 6.61 Å². The molecular weight excluding hydrogens is 188 g/mol. The Morgan fingerprint density at radius 3 is 2.21 bits per heavy atom. The van der Waals surface area contributed by atoms with Gasteiger partial charge in [0.1, 0.15) is 5.75 Å². The fraction of sp³-hybridized carbons (Fsp3) is 0.400. The molecule has 0 aliphatic heterocycles. The second-order valence-corrected chi connectivity index (χ2v) is 2.96. The first-order valence-electron chi connectivity index (χ1n) is 4.35. The van der Waals surface area contributed by atoms with E-state index in [9.17, 15) is 8.78 Å². The van der Waals surface area contributed by atoms with Crippen LogP contribution < -0.4 is 10.1 Å². The number of benzene rings is 1. The lowest BCUT2D eigenvalue weighted by Crippen LogP contribution is -2.12. The van der Waals surface area contributed by atoms with Gasteiger partial charge in [-0.3, -0.25) is 0 Å². The smallest absolute Gasteiger partial charge is 0.387 e. The number of hydrogen-bond acceptors (Lipinski definition) is 2. The van der Waals surface area contributed by atoms with E-state index in [1.54, 1.807) is 12.1 Å². The van der Waals surface area contributed by atoms with Crippen LogP contribution in [0.2, 0.25) is 0 Å². The van der Waals surface area contributed by atoms with Crippen LogP contribution in [0.3, 0.4) is 0 Å². The first kappa shape index (κ1) is 10.9. The molecule has 1 atom stereocenters. The van der Waals surface area contributed by atoms with E-state index in [1.165, 1.54) is 12.1 Å². The van der Waals surface area contributed by atoms with Crippen molar-refractivity contribution in [2.24, 2.45) is 0 Å². The zero-order valence-electron chi connectivity index (χ0n) is 8.13. The fourth-order valence-electron chi connectivity index (χ4n) is 1.10. The molecule has 0 heterocycles. The lowest BCUT2D eigenvalue weighted by molar-refractivity contribution is -0.0498. The summed E-state index contributed by atoms with van der Waals surface area (Å²) >= 11 is 0. The van der Waals surface area contributed by atoms with Crippen molar-refractivity contribution < 1.29 is 13.5 Å². The monoisotopic (exact) mass is 201 g/mol. The standard InChI is InChI=1S/C10H13F2NO/c1-7(13-2)8-3-5-9(6-4-8)14-10(11)12/h3-7,10,13H,1-2H3. The van der Waals surface area contributed by atoms with E-state index >= 15 is 0 Å². The average molecular weight is 201 g/mol. The molecule has 1 unspecified atom stereocenters. The minimum Gasteiger partial charge on any atom is -0.435 e. The van der Waals surface area contributed by atoms with Gasteiger partial charge >= 0.3 is 6.61 Å². The van der Waals surface area contributed by atoms with Gasteiger partial charge in [-0.2, -0.15) is 8.78 Å². The quantitative estimate of drug-likeness (QED) is 0.808. The van der Waals surface area contributed by atoms with Gasteiger partial charge in [-0.15, -0.1) is 0 Å². The largest absolute Gasteiger partial charge is 0.435 e. The Bertz CT molecular complexity index is 274. The van der Waals surface area contributed by atoms with Gasteiger partial charge in [-0.1, -0.05) is 12.1 Å². The molecule has 0 aliphatic carbocycles. The van der Waals surface area contributed by atoms with E-state index in [2.05, 4.69) is 10.1 Å². The zero-order chi connectivity index (χ0) is 10.6. The summed E-state index contributed by atoms with van der Waals surface area (Å²) in [5.74, 6) is 0.187. The van der Waals surface area contributed by atoms with Crippen molar-refractivity contribution >= 4 is 0 Å². The summed E-state index contributed by atoms with van der Waals surface area (Å²) in [6.07, 6.45) is 0. The Kier molecular flexibility index (Phi) is 3.83. The third-order valence-corrected chi connectivity index (χ3v) is 2.04. The van der Waals surface area contributed by atoms with Crippen molar-refractivity contribution in [3.05, 3.63) is 29.8 Å². The van der Waals surface area contributed by atoms with Crippen LogP contribution in [0.4, 0.5) is 8.78 Å². The molecule has 1 aromatic carbocycles. The summed E-state index contributed by atoms with van der Waals surface area (Å²) in [4.78, 5) is 0. The van der Waals surface area contributed by atoms with Gasteiger partial charge in [0, 0.05) is 6.04 Å². The topological polar surface area (TPSA) is 21.3 Å². The molecule has 78 valence electrons. The molecular formula is C10H13F2NO. The van der Waals surface area contributed by atoms with Crippen LogP contribution in [-0.4, -0.2) is 13.7 Å². The summed E-state index contributed by atoms with van der Waals surface area (Å²) in [5, 5.41) is 3.05. The molecule has 1 rings (SSSR count). The van der Waals surface area contributed by atoms with Gasteiger partial charge in [0.2, 0.25) is 0 Å². The summed E-state index contributed by atoms with van der Waals surface area (Å²) in [6.45, 7) is -0.772. The minimum absolute atomic E-state index is 0.187. The Labute approximate surface area is 81.9 Å². The minimum atomic E-state index is -2.76. The predicted molar refractivity (Wildman–Crippen MR) is 50.5 cm³/mol. The first-order valence-corrected chi connectivity index (χ1v) is 4.35. The predicted octanol–water partition coefficient (Wildman–Crippen LogP) is 2.57. The molecule has 0 amide bonds. The number of ether oxygens (including phenoxy) is 1. The molecule has 1 aromatic rings. The van der Waals surface area contributed by atoms with E-state index in [1.807, 2.05) is 14.0 Å². The van der Waals surface area contributed by atoms with E-state index in [0.29, 0.717) is 0 Å². The molecule has 0 saturated carbocycles. The lowest BCUT2D eigenvalue weighted by Gasteiger charge is -2.11. The highest BCUT2D eigenvalue weighted by atomic mass is 19.3. The molecule has 1 N–H and O–H groups in total. The van der Waals surface area contributed by atoms with Gasteiger partial charge in [-0.05, 0) is 31.7 Å². The molecule has 14 heavy (non-hydrogen) atoms. The number of halogens is 2. The molecule has 0 aromatic heterocycles. The molecule has 4 heteroatoms. The Morgan fingerprint density at radius 1 is 1.21 bits per heavy atom. The lowest BCUT2D eigenvalue weighted by atomic mass is 10.1. The van der Waals surface area contributed by atoms with Crippen LogP contribution in [0.5, 0.6) is 5.75 Å². The maximum atomic E-state index is 11.8. The molecule has 0 spiro atoms. The number of rotatable bonds is 4. The highest BCUT2D eigenvalue weighted by Gasteiger charge is 2.05. The molecule has 0 bridgehead atoms. The van der Waals surface area contributed by atoms with Gasteiger partial charge in [0.25, 0.3) is 0 Å². The van der Waals surface area contributed by atoms with Crippen molar-refractivity contribution in [3.63, 3.8) is 0 Å². The molecule has 0 saturated heterocycles. The number of alkyl halides is 2. The summed E-state index contributed by atoms with van der Waals surface area (Å²) in [6, 6.07) is 6.80. The van der Waals surface area contributed by atoms with Gasteiger partial charge in [0.05, 0.1) is 0 Å². The molecule has 0 fully saturated rings. The van der Waals surface area contributed by atoms with Crippen LogP contribution in [-0.2, 0) is 0 Å². The Hall–Kier alpha value is -1.16. The average Bonchev–Trinajstić information content (AvgIpc) is 2.17. The Morgan fingerprint density at radius 2 is 1.79 bits per heavy atom. The maximum absolute atomic E-state index is 11.8. The van der Waals surface area contributed by atoms with Crippen LogP contribution in [0, 0.1) is 0 Å². The van der Waals surface area contributed by atoms with Crippen molar-refractivity contribution in [2.75, 3.05) is 7.05 Å². The van der Waals surface area contributed by atoms with Crippen molar-refractivity contribution in [1.82, 2.24) is 5.32 Å². The van der Waals surface area contributed by atoms with Crippen LogP contribution in [0.1, 0.15) is 18.5 Å². The van der Waals surface area contributed by atoms with Gasteiger partial charge < -0.3 is 10.1 Å². The second-order valence-electron chi connectivity index (χ2n) is 2.96. The fourth-order valence-corrected chi connectivity index (χ4v) is 1.10. The van der Waals surface area contributed by atoms with Crippen LogP contribution in [0.15, 0.2) is 24.3 Å². The normalized spacial score (nSPS) is 12.9. The van der Waals surface area contributed by atoms with Crippen molar-refractivity contribution in [2.45, 2.75) is 19.6 Å². The van der Waals surface area contributed by atoms with E-state index in [-0.39, 0.29) is 11.8 Å².